The van der Waals surface area contributed by atoms with Crippen molar-refractivity contribution in [3.8, 4) is 0 Å². The Morgan fingerprint density at radius 2 is 1.80 bits per heavy atom. The van der Waals surface area contributed by atoms with Crippen molar-refractivity contribution >= 4 is 6.09 Å². The smallest absolute Gasteiger partial charge is 0.414 e. The van der Waals surface area contributed by atoms with E-state index >= 15 is 0 Å². The van der Waals surface area contributed by atoms with E-state index in [9.17, 15) is 4.79 Å². The quantitative estimate of drug-likeness (QED) is 0.554. The summed E-state index contributed by atoms with van der Waals surface area (Å²) in [6.45, 7) is 14.0. The summed E-state index contributed by atoms with van der Waals surface area (Å²) < 4.78 is 4.99. The molecule has 3 atom stereocenters. The number of carbonyl (C=O) groups excluding carboxylic acids is 1. The lowest BCUT2D eigenvalue weighted by atomic mass is 9.53. The first kappa shape index (κ1) is 15.1. The normalized spacial score (nSPS) is 36.2. The summed E-state index contributed by atoms with van der Waals surface area (Å²) in [6.07, 6.45) is 7.00. The third kappa shape index (κ3) is 2.63. The Morgan fingerprint density at radius 3 is 2.25 bits per heavy atom. The van der Waals surface area contributed by atoms with Crippen LogP contribution >= 0.6 is 0 Å². The monoisotopic (exact) mass is 277 g/mol. The van der Waals surface area contributed by atoms with Crippen LogP contribution in [0.1, 0.15) is 47.0 Å². The van der Waals surface area contributed by atoms with Crippen LogP contribution in [-0.4, -0.2) is 24.1 Å². The van der Waals surface area contributed by atoms with E-state index in [2.05, 4.69) is 40.3 Å². The molecule has 2 rings (SSSR count). The number of nitrogens with zero attached hydrogens (tertiary/aromatic N) is 1. The van der Waals surface area contributed by atoms with Crippen LogP contribution in [0.25, 0.3) is 0 Å². The van der Waals surface area contributed by atoms with E-state index in [1.165, 1.54) is 31.1 Å². The van der Waals surface area contributed by atoms with Crippen LogP contribution in [0.5, 0.6) is 0 Å². The summed E-state index contributed by atoms with van der Waals surface area (Å²) >= 11 is 0. The number of hydrogen-bond donors (Lipinski definition) is 0. The Labute approximate surface area is 122 Å². The molecular weight excluding hydrogens is 250 g/mol. The molecule has 2 bridgehead atoms. The van der Waals surface area contributed by atoms with Gasteiger partial charge in [-0.15, -0.1) is 0 Å². The summed E-state index contributed by atoms with van der Waals surface area (Å²) in [5.41, 5.74) is 1.68. The molecule has 112 valence electrons. The zero-order chi connectivity index (χ0) is 15.0. The number of allylic oxidation sites excluding steroid dienone is 2. The molecule has 0 aromatic rings. The highest BCUT2D eigenvalue weighted by Gasteiger charge is 2.53. The van der Waals surface area contributed by atoms with Gasteiger partial charge in [-0.1, -0.05) is 38.5 Å². The van der Waals surface area contributed by atoms with Crippen molar-refractivity contribution in [2.45, 2.75) is 47.0 Å². The summed E-state index contributed by atoms with van der Waals surface area (Å²) in [6, 6.07) is 0. The Bertz CT molecular complexity index is 418. The van der Waals surface area contributed by atoms with Gasteiger partial charge in [-0.2, -0.15) is 0 Å². The topological polar surface area (TPSA) is 29.5 Å². The van der Waals surface area contributed by atoms with E-state index in [0.717, 1.165) is 13.1 Å². The molecule has 2 aliphatic rings. The summed E-state index contributed by atoms with van der Waals surface area (Å²) in [7, 11) is 0. The van der Waals surface area contributed by atoms with Crippen LogP contribution in [0.3, 0.4) is 0 Å². The van der Waals surface area contributed by atoms with Crippen molar-refractivity contribution < 1.29 is 9.53 Å². The standard InChI is InChI=1S/C17H27NO2/c1-6-20-15(19)18-11-16(4)8-7-9-17(5,12-18)14(16)10-13(2)3/h6,10,14H,1,7-9,11-12H2,2-5H3/t14?,16-,17+. The molecule has 2 fully saturated rings. The number of ether oxygens (including phenoxy) is 1. The molecule has 0 radical (unpaired) electrons. The number of amides is 1. The first-order valence-corrected chi connectivity index (χ1v) is 7.52. The molecular formula is C17H27NO2. The van der Waals surface area contributed by atoms with E-state index < -0.39 is 0 Å². The second-order valence-electron chi connectivity index (χ2n) is 7.29. The first-order chi connectivity index (χ1) is 9.31. The average molecular weight is 277 g/mol. The predicted molar refractivity (Wildman–Crippen MR) is 81.2 cm³/mol. The van der Waals surface area contributed by atoms with Gasteiger partial charge in [-0.25, -0.2) is 4.79 Å². The zero-order valence-electron chi connectivity index (χ0n) is 13.2. The molecule has 1 heterocycles. The van der Waals surface area contributed by atoms with Crippen molar-refractivity contribution in [3.05, 3.63) is 24.5 Å². The predicted octanol–water partition coefficient (Wildman–Crippen LogP) is 4.36. The second kappa shape index (κ2) is 5.27. The second-order valence-corrected chi connectivity index (χ2v) is 7.29. The fourth-order valence-electron chi connectivity index (χ4n) is 4.34. The minimum absolute atomic E-state index is 0.155. The highest BCUT2D eigenvalue weighted by atomic mass is 16.5. The lowest BCUT2D eigenvalue weighted by Crippen LogP contribution is -2.60. The number of likely N-dealkylation sites (tertiary alicyclic amines) is 1. The Morgan fingerprint density at radius 1 is 1.25 bits per heavy atom. The van der Waals surface area contributed by atoms with E-state index in [1.54, 1.807) is 0 Å². The van der Waals surface area contributed by atoms with Crippen molar-refractivity contribution in [3.63, 3.8) is 0 Å². The first-order valence-electron chi connectivity index (χ1n) is 7.52. The lowest BCUT2D eigenvalue weighted by Gasteiger charge is -2.58. The molecule has 1 aliphatic heterocycles. The fourth-order valence-corrected chi connectivity index (χ4v) is 4.34. The lowest BCUT2D eigenvalue weighted by molar-refractivity contribution is -0.0679. The third-order valence-electron chi connectivity index (χ3n) is 5.04. The molecule has 1 saturated heterocycles. The summed E-state index contributed by atoms with van der Waals surface area (Å²) in [5, 5.41) is 0. The highest BCUT2D eigenvalue weighted by Crippen LogP contribution is 2.56. The molecule has 1 unspecified atom stereocenters. The van der Waals surface area contributed by atoms with Gasteiger partial charge in [0.25, 0.3) is 0 Å². The van der Waals surface area contributed by atoms with Crippen LogP contribution in [0.2, 0.25) is 0 Å². The maximum Gasteiger partial charge on any atom is 0.414 e. The average Bonchev–Trinajstić information content (AvgIpc) is 2.32. The van der Waals surface area contributed by atoms with Gasteiger partial charge >= 0.3 is 6.09 Å². The number of rotatable bonds is 2. The Kier molecular flexibility index (Phi) is 3.99. The van der Waals surface area contributed by atoms with Gasteiger partial charge in [0.2, 0.25) is 0 Å². The Hall–Kier alpha value is -1.25. The van der Waals surface area contributed by atoms with E-state index in [-0.39, 0.29) is 16.9 Å². The van der Waals surface area contributed by atoms with Crippen LogP contribution in [0.15, 0.2) is 24.5 Å². The number of hydrogen-bond acceptors (Lipinski definition) is 2. The largest absolute Gasteiger partial charge is 0.419 e. The molecule has 0 N–H and O–H groups in total. The van der Waals surface area contributed by atoms with E-state index in [1.807, 2.05) is 4.90 Å². The van der Waals surface area contributed by atoms with Crippen molar-refractivity contribution in [1.29, 1.82) is 0 Å². The zero-order valence-corrected chi connectivity index (χ0v) is 13.2. The summed E-state index contributed by atoms with van der Waals surface area (Å²) in [5.74, 6) is 0.543. The SMILES string of the molecule is C=COC(=O)N1C[C@]2(C)CCC[C@](C)(C1)C2C=C(C)C. The van der Waals surface area contributed by atoms with Crippen molar-refractivity contribution in [2.75, 3.05) is 13.1 Å². The van der Waals surface area contributed by atoms with E-state index in [0.29, 0.717) is 5.92 Å². The molecule has 0 aromatic heterocycles. The third-order valence-corrected chi connectivity index (χ3v) is 5.04. The molecule has 1 amide bonds. The van der Waals surface area contributed by atoms with Gasteiger partial charge in [0.1, 0.15) is 0 Å². The van der Waals surface area contributed by atoms with Gasteiger partial charge < -0.3 is 9.64 Å². The van der Waals surface area contributed by atoms with Gasteiger partial charge in [0.15, 0.2) is 0 Å². The molecule has 20 heavy (non-hydrogen) atoms. The molecule has 0 spiro atoms. The molecule has 0 aromatic carbocycles. The minimum atomic E-state index is -0.255. The molecule has 3 heteroatoms. The summed E-state index contributed by atoms with van der Waals surface area (Å²) in [4.78, 5) is 13.9. The highest BCUT2D eigenvalue weighted by molar-refractivity contribution is 5.68. The molecule has 3 nitrogen and oxygen atoms in total. The van der Waals surface area contributed by atoms with Gasteiger partial charge in [0, 0.05) is 13.1 Å². The number of fused-ring (bicyclic) bond motifs is 2. The van der Waals surface area contributed by atoms with Gasteiger partial charge in [0.05, 0.1) is 6.26 Å². The maximum atomic E-state index is 12.1. The fraction of sp³-hybridized carbons (Fsp3) is 0.706. The van der Waals surface area contributed by atoms with Gasteiger partial charge in [-0.05, 0) is 43.4 Å². The number of carbonyl (C=O) groups is 1. The van der Waals surface area contributed by atoms with E-state index in [4.69, 9.17) is 4.74 Å². The number of piperidine rings is 1. The van der Waals surface area contributed by atoms with Gasteiger partial charge in [-0.3, -0.25) is 0 Å². The van der Waals surface area contributed by atoms with Crippen molar-refractivity contribution in [1.82, 2.24) is 4.90 Å². The molecule has 1 saturated carbocycles. The minimum Gasteiger partial charge on any atom is -0.419 e. The van der Waals surface area contributed by atoms with Crippen LogP contribution < -0.4 is 0 Å². The molecule has 1 aliphatic carbocycles. The van der Waals surface area contributed by atoms with Crippen molar-refractivity contribution in [2.24, 2.45) is 16.7 Å². The Balaban J connectivity index is 2.31. The maximum absolute atomic E-state index is 12.1. The van der Waals surface area contributed by atoms with Crippen LogP contribution in [0, 0.1) is 16.7 Å². The van der Waals surface area contributed by atoms with Crippen LogP contribution in [-0.2, 0) is 4.74 Å². The van der Waals surface area contributed by atoms with Crippen LogP contribution in [0.4, 0.5) is 4.79 Å².